The molecule has 0 bridgehead atoms. The summed E-state index contributed by atoms with van der Waals surface area (Å²) in [5, 5.41) is 2.89. The largest absolute Gasteiger partial charge is 0.340 e. The maximum absolute atomic E-state index is 12.5. The quantitative estimate of drug-likeness (QED) is 0.942. The van der Waals surface area contributed by atoms with Gasteiger partial charge in [-0.2, -0.15) is 0 Å². The van der Waals surface area contributed by atoms with Crippen LogP contribution in [0.4, 0.5) is 11.8 Å². The number of amides is 1. The van der Waals surface area contributed by atoms with Crippen molar-refractivity contribution in [2.75, 3.05) is 23.3 Å². The Labute approximate surface area is 136 Å². The van der Waals surface area contributed by atoms with Gasteiger partial charge in [0, 0.05) is 30.7 Å². The molecule has 3 rings (SSSR count). The van der Waals surface area contributed by atoms with Crippen molar-refractivity contribution in [3.63, 3.8) is 0 Å². The van der Waals surface area contributed by atoms with Crippen molar-refractivity contribution in [3.05, 3.63) is 41.9 Å². The maximum Gasteiger partial charge on any atom is 0.230 e. The number of hydrogen-bond donors (Lipinski definition) is 1. The molecule has 6 nitrogen and oxygen atoms in total. The SMILES string of the molecule is Cc1cc(C)nc(N2CCC[C@H](C(=O)Nc3ccccn3)C2)n1. The van der Waals surface area contributed by atoms with Crippen molar-refractivity contribution in [2.24, 2.45) is 5.92 Å². The first-order valence-corrected chi connectivity index (χ1v) is 7.91. The molecule has 0 aliphatic carbocycles. The Morgan fingerprint density at radius 1 is 1.26 bits per heavy atom. The number of carbonyl (C=O) groups excluding carboxylic acids is 1. The van der Waals surface area contributed by atoms with Gasteiger partial charge < -0.3 is 10.2 Å². The maximum atomic E-state index is 12.5. The van der Waals surface area contributed by atoms with Gasteiger partial charge in [-0.3, -0.25) is 4.79 Å². The molecule has 1 fully saturated rings. The highest BCUT2D eigenvalue weighted by Gasteiger charge is 2.27. The molecule has 6 heteroatoms. The highest BCUT2D eigenvalue weighted by atomic mass is 16.2. The number of hydrogen-bond acceptors (Lipinski definition) is 5. The molecule has 120 valence electrons. The van der Waals surface area contributed by atoms with Crippen LogP contribution in [0.5, 0.6) is 0 Å². The van der Waals surface area contributed by atoms with E-state index in [1.807, 2.05) is 32.0 Å². The van der Waals surface area contributed by atoms with Gasteiger partial charge in [0.05, 0.1) is 5.92 Å². The minimum atomic E-state index is -0.0739. The number of nitrogens with one attached hydrogen (secondary N) is 1. The molecule has 1 N–H and O–H groups in total. The number of rotatable bonds is 3. The van der Waals surface area contributed by atoms with Crippen LogP contribution in [0.2, 0.25) is 0 Å². The third-order valence-electron chi connectivity index (χ3n) is 3.96. The Morgan fingerprint density at radius 3 is 2.74 bits per heavy atom. The fourth-order valence-corrected chi connectivity index (χ4v) is 2.89. The Hall–Kier alpha value is -2.50. The summed E-state index contributed by atoms with van der Waals surface area (Å²) in [6.45, 7) is 5.46. The number of aromatic nitrogens is 3. The third kappa shape index (κ3) is 3.83. The summed E-state index contributed by atoms with van der Waals surface area (Å²) in [6, 6.07) is 7.44. The lowest BCUT2D eigenvalue weighted by Gasteiger charge is -2.32. The van der Waals surface area contributed by atoms with Crippen LogP contribution in [0, 0.1) is 19.8 Å². The average Bonchev–Trinajstić information content (AvgIpc) is 2.55. The molecular formula is C17H21N5O. The van der Waals surface area contributed by atoms with Crippen molar-refractivity contribution >= 4 is 17.7 Å². The summed E-state index contributed by atoms with van der Waals surface area (Å²) in [5.74, 6) is 1.25. The van der Waals surface area contributed by atoms with E-state index in [2.05, 4.69) is 25.2 Å². The van der Waals surface area contributed by atoms with E-state index in [9.17, 15) is 4.79 Å². The topological polar surface area (TPSA) is 71.0 Å². The molecule has 1 atom stereocenters. The van der Waals surface area contributed by atoms with Crippen molar-refractivity contribution in [1.29, 1.82) is 0 Å². The lowest BCUT2D eigenvalue weighted by Crippen LogP contribution is -2.41. The van der Waals surface area contributed by atoms with E-state index in [-0.39, 0.29) is 11.8 Å². The lowest BCUT2D eigenvalue weighted by molar-refractivity contribution is -0.120. The Bertz CT molecular complexity index is 668. The molecule has 0 saturated carbocycles. The minimum absolute atomic E-state index is 0.0118. The normalized spacial score (nSPS) is 17.8. The highest BCUT2D eigenvalue weighted by molar-refractivity contribution is 5.92. The van der Waals surface area contributed by atoms with Crippen molar-refractivity contribution in [1.82, 2.24) is 15.0 Å². The van der Waals surface area contributed by atoms with Gasteiger partial charge in [0.15, 0.2) is 0 Å². The highest BCUT2D eigenvalue weighted by Crippen LogP contribution is 2.22. The smallest absolute Gasteiger partial charge is 0.230 e. The summed E-state index contributed by atoms with van der Waals surface area (Å²) in [5.41, 5.74) is 1.90. The third-order valence-corrected chi connectivity index (χ3v) is 3.96. The summed E-state index contributed by atoms with van der Waals surface area (Å²) < 4.78 is 0. The molecule has 2 aromatic heterocycles. The first-order chi connectivity index (χ1) is 11.1. The molecule has 23 heavy (non-hydrogen) atoms. The Morgan fingerprint density at radius 2 is 2.04 bits per heavy atom. The molecular weight excluding hydrogens is 290 g/mol. The number of carbonyl (C=O) groups is 1. The van der Waals surface area contributed by atoms with E-state index in [1.165, 1.54) is 0 Å². The molecule has 0 radical (unpaired) electrons. The summed E-state index contributed by atoms with van der Waals surface area (Å²) in [4.78, 5) is 27.7. The van der Waals surface area contributed by atoms with E-state index in [4.69, 9.17) is 0 Å². The number of aryl methyl sites for hydroxylation is 2. The predicted octanol–water partition coefficient (Wildman–Crippen LogP) is 2.34. The first kappa shape index (κ1) is 15.4. The van der Waals surface area contributed by atoms with Crippen LogP contribution in [0.25, 0.3) is 0 Å². The molecule has 2 aromatic rings. The van der Waals surface area contributed by atoms with Gasteiger partial charge in [0.2, 0.25) is 11.9 Å². The van der Waals surface area contributed by atoms with Gasteiger partial charge in [-0.25, -0.2) is 15.0 Å². The summed E-state index contributed by atoms with van der Waals surface area (Å²) in [6.07, 6.45) is 3.50. The molecule has 1 amide bonds. The van der Waals surface area contributed by atoms with Gasteiger partial charge in [-0.05, 0) is 44.9 Å². The molecule has 1 saturated heterocycles. The van der Waals surface area contributed by atoms with E-state index >= 15 is 0 Å². The van der Waals surface area contributed by atoms with Gasteiger partial charge >= 0.3 is 0 Å². The van der Waals surface area contributed by atoms with Crippen molar-refractivity contribution in [2.45, 2.75) is 26.7 Å². The summed E-state index contributed by atoms with van der Waals surface area (Å²) in [7, 11) is 0. The second-order valence-corrected chi connectivity index (χ2v) is 5.94. The van der Waals surface area contributed by atoms with Gasteiger partial charge in [0.1, 0.15) is 5.82 Å². The van der Waals surface area contributed by atoms with E-state index in [0.29, 0.717) is 12.4 Å². The van der Waals surface area contributed by atoms with Crippen LogP contribution < -0.4 is 10.2 Å². The van der Waals surface area contributed by atoms with Crippen LogP contribution in [-0.4, -0.2) is 33.9 Å². The van der Waals surface area contributed by atoms with E-state index in [1.54, 1.807) is 12.3 Å². The molecule has 1 aliphatic rings. The standard InChI is InChI=1S/C17H21N5O/c1-12-10-13(2)20-17(19-12)22-9-5-6-14(11-22)16(23)21-15-7-3-4-8-18-15/h3-4,7-8,10,14H,5-6,9,11H2,1-2H3,(H,18,21,23)/t14-/m0/s1. The van der Waals surface area contributed by atoms with Crippen LogP contribution >= 0.6 is 0 Å². The Kier molecular flexibility index (Phi) is 4.50. The molecule has 1 aliphatic heterocycles. The van der Waals surface area contributed by atoms with Gasteiger partial charge in [0.25, 0.3) is 0 Å². The van der Waals surface area contributed by atoms with E-state index in [0.717, 1.165) is 36.7 Å². The molecule has 0 aromatic carbocycles. The first-order valence-electron chi connectivity index (χ1n) is 7.91. The minimum Gasteiger partial charge on any atom is -0.340 e. The zero-order chi connectivity index (χ0) is 16.2. The zero-order valence-electron chi connectivity index (χ0n) is 13.5. The van der Waals surface area contributed by atoms with Gasteiger partial charge in [-0.1, -0.05) is 6.07 Å². The molecule has 0 spiro atoms. The predicted molar refractivity (Wildman–Crippen MR) is 89.3 cm³/mol. The monoisotopic (exact) mass is 311 g/mol. The second kappa shape index (κ2) is 6.73. The van der Waals surface area contributed by atoms with Gasteiger partial charge in [-0.15, -0.1) is 0 Å². The number of anilines is 2. The molecule has 3 heterocycles. The molecule has 0 unspecified atom stereocenters. The van der Waals surface area contributed by atoms with Crippen molar-refractivity contribution in [3.8, 4) is 0 Å². The van der Waals surface area contributed by atoms with Crippen LogP contribution in [0.3, 0.4) is 0 Å². The van der Waals surface area contributed by atoms with Crippen LogP contribution in [-0.2, 0) is 4.79 Å². The van der Waals surface area contributed by atoms with Crippen LogP contribution in [0.1, 0.15) is 24.2 Å². The number of nitrogens with zero attached hydrogens (tertiary/aromatic N) is 4. The number of piperidine rings is 1. The van der Waals surface area contributed by atoms with Crippen LogP contribution in [0.15, 0.2) is 30.5 Å². The Balaban J connectivity index is 1.69. The average molecular weight is 311 g/mol. The second-order valence-electron chi connectivity index (χ2n) is 5.94. The summed E-state index contributed by atoms with van der Waals surface area (Å²) >= 11 is 0. The lowest BCUT2D eigenvalue weighted by atomic mass is 9.97. The fraction of sp³-hybridized carbons (Fsp3) is 0.412. The fourth-order valence-electron chi connectivity index (χ4n) is 2.89. The zero-order valence-corrected chi connectivity index (χ0v) is 13.5. The van der Waals surface area contributed by atoms with E-state index < -0.39 is 0 Å². The van der Waals surface area contributed by atoms with Crippen molar-refractivity contribution < 1.29 is 4.79 Å². The number of pyridine rings is 1.